The Kier molecular flexibility index (Phi) is 11.4. The van der Waals surface area contributed by atoms with Crippen LogP contribution in [-0.4, -0.2) is 38.4 Å². The number of ether oxygens (including phenoxy) is 4. The van der Waals surface area contributed by atoms with Gasteiger partial charge in [0.05, 0.1) is 31.8 Å². The van der Waals surface area contributed by atoms with Crippen LogP contribution < -0.4 is 9.47 Å². The number of hydrogen-bond acceptors (Lipinski definition) is 6. The summed E-state index contributed by atoms with van der Waals surface area (Å²) in [5.74, 6) is 0.903. The van der Waals surface area contributed by atoms with E-state index in [0.717, 1.165) is 35.5 Å². The van der Waals surface area contributed by atoms with Crippen molar-refractivity contribution in [2.24, 2.45) is 0 Å². The van der Waals surface area contributed by atoms with Gasteiger partial charge in [-0.25, -0.2) is 9.59 Å². The Morgan fingerprint density at radius 3 is 1.39 bits per heavy atom. The number of esters is 2. The molecule has 0 amide bonds. The molecule has 6 heteroatoms. The molecule has 0 bridgehead atoms. The van der Waals surface area contributed by atoms with E-state index in [2.05, 4.69) is 112 Å². The molecule has 0 N–H and O–H groups in total. The Bertz CT molecular complexity index is 1720. The molecule has 1 aliphatic rings. The standard InChI is InChI=1S/C43H46O6/c1-7-31-27-33(19-21-39(31)46-23-13-25-48-41(44)29(3)4)43(37-17-11-9-15-35(37)36-16-10-12-18-38(36)43)34-20-22-40(32(8-2)28-34)47-24-14-26-49-42(45)30(5)6/h9-12,15-22,27-28H,3,5,7-8,13-14,23-26H2,1-2,4,6H3. The van der Waals surface area contributed by atoms with E-state index in [-0.39, 0.29) is 25.2 Å². The first-order chi connectivity index (χ1) is 23.7. The van der Waals surface area contributed by atoms with Crippen LogP contribution in [0.4, 0.5) is 0 Å². The van der Waals surface area contributed by atoms with Crippen molar-refractivity contribution in [2.45, 2.75) is 58.8 Å². The highest BCUT2D eigenvalue weighted by molar-refractivity contribution is 5.88. The van der Waals surface area contributed by atoms with Gasteiger partial charge >= 0.3 is 11.9 Å². The number of benzene rings is 4. The van der Waals surface area contributed by atoms with Gasteiger partial charge in [-0.15, -0.1) is 0 Å². The fraction of sp³-hybridized carbons (Fsp3) is 0.302. The summed E-state index contributed by atoms with van der Waals surface area (Å²) in [4.78, 5) is 23.5. The van der Waals surface area contributed by atoms with Crippen molar-refractivity contribution in [3.05, 3.63) is 143 Å². The van der Waals surface area contributed by atoms with Gasteiger partial charge in [0.1, 0.15) is 11.5 Å². The van der Waals surface area contributed by atoms with E-state index in [9.17, 15) is 9.59 Å². The van der Waals surface area contributed by atoms with E-state index >= 15 is 0 Å². The Labute approximate surface area is 290 Å². The molecule has 4 aromatic rings. The van der Waals surface area contributed by atoms with Gasteiger partial charge in [-0.3, -0.25) is 0 Å². The summed E-state index contributed by atoms with van der Waals surface area (Å²) < 4.78 is 23.0. The van der Waals surface area contributed by atoms with Crippen LogP contribution in [0.15, 0.2) is 109 Å². The zero-order valence-electron chi connectivity index (χ0n) is 29.1. The van der Waals surface area contributed by atoms with Crippen LogP contribution in [0.3, 0.4) is 0 Å². The van der Waals surface area contributed by atoms with E-state index in [4.69, 9.17) is 18.9 Å². The molecule has 6 nitrogen and oxygen atoms in total. The number of hydrogen-bond donors (Lipinski definition) is 0. The third kappa shape index (κ3) is 7.34. The summed E-state index contributed by atoms with van der Waals surface area (Å²) in [7, 11) is 0. The highest BCUT2D eigenvalue weighted by Gasteiger charge is 2.46. The molecular formula is C43H46O6. The van der Waals surface area contributed by atoms with E-state index in [1.807, 2.05) is 0 Å². The molecule has 0 radical (unpaired) electrons. The zero-order valence-corrected chi connectivity index (χ0v) is 29.1. The highest BCUT2D eigenvalue weighted by atomic mass is 16.5. The molecule has 0 spiro atoms. The van der Waals surface area contributed by atoms with Crippen LogP contribution >= 0.6 is 0 Å². The van der Waals surface area contributed by atoms with E-state index in [0.29, 0.717) is 37.2 Å². The second kappa shape index (κ2) is 15.9. The van der Waals surface area contributed by atoms with Crippen LogP contribution in [0.1, 0.15) is 73.9 Å². The van der Waals surface area contributed by atoms with Gasteiger partial charge in [-0.2, -0.15) is 0 Å². The summed E-state index contributed by atoms with van der Waals surface area (Å²) in [5.41, 5.74) is 9.70. The summed E-state index contributed by atoms with van der Waals surface area (Å²) in [6, 6.07) is 30.5. The number of fused-ring (bicyclic) bond motifs is 3. The Morgan fingerprint density at radius 2 is 1.00 bits per heavy atom. The first-order valence-corrected chi connectivity index (χ1v) is 17.1. The molecule has 0 heterocycles. The van der Waals surface area contributed by atoms with Crippen molar-refractivity contribution in [3.63, 3.8) is 0 Å². The molecule has 49 heavy (non-hydrogen) atoms. The second-order valence-electron chi connectivity index (χ2n) is 12.4. The lowest BCUT2D eigenvalue weighted by Gasteiger charge is -2.35. The first-order valence-electron chi connectivity index (χ1n) is 17.1. The largest absolute Gasteiger partial charge is 0.493 e. The molecule has 0 aliphatic heterocycles. The molecule has 4 aromatic carbocycles. The van der Waals surface area contributed by atoms with Crippen LogP contribution in [0, 0.1) is 0 Å². The molecule has 0 saturated carbocycles. The van der Waals surface area contributed by atoms with E-state index in [1.54, 1.807) is 13.8 Å². The molecule has 0 unspecified atom stereocenters. The number of carbonyl (C=O) groups is 2. The average Bonchev–Trinajstić information content (AvgIpc) is 3.42. The molecule has 254 valence electrons. The van der Waals surface area contributed by atoms with Gasteiger partial charge in [-0.1, -0.05) is 99.8 Å². The number of aryl methyl sites for hydroxylation is 2. The smallest absolute Gasteiger partial charge is 0.333 e. The minimum Gasteiger partial charge on any atom is -0.493 e. The minimum absolute atomic E-state index is 0.282. The SMILES string of the molecule is C=C(C)C(=O)OCCCOc1ccc(C2(c3ccc(OCCCOC(=O)C(=C)C)c(CC)c3)c3ccccc3-c3ccccc32)cc1CC. The van der Waals surface area contributed by atoms with Crippen LogP contribution in [-0.2, 0) is 37.3 Å². The molecule has 0 saturated heterocycles. The third-order valence-corrected chi connectivity index (χ3v) is 8.96. The quantitative estimate of drug-likeness (QED) is 0.0599. The lowest BCUT2D eigenvalue weighted by molar-refractivity contribution is -0.140. The van der Waals surface area contributed by atoms with Crippen molar-refractivity contribution in [1.82, 2.24) is 0 Å². The average molecular weight is 659 g/mol. The molecular weight excluding hydrogens is 612 g/mol. The van der Waals surface area contributed by atoms with Crippen LogP contribution in [0.2, 0.25) is 0 Å². The Hall–Kier alpha value is -5.10. The number of rotatable bonds is 16. The van der Waals surface area contributed by atoms with E-state index < -0.39 is 5.41 Å². The molecule has 0 atom stereocenters. The van der Waals surface area contributed by atoms with Crippen molar-refractivity contribution in [3.8, 4) is 22.6 Å². The molecule has 0 fully saturated rings. The van der Waals surface area contributed by atoms with Gasteiger partial charge < -0.3 is 18.9 Å². The Morgan fingerprint density at radius 1 is 0.592 bits per heavy atom. The normalized spacial score (nSPS) is 12.4. The van der Waals surface area contributed by atoms with Gasteiger partial charge in [0.25, 0.3) is 0 Å². The van der Waals surface area contributed by atoms with Crippen LogP contribution in [0.5, 0.6) is 11.5 Å². The van der Waals surface area contributed by atoms with Crippen LogP contribution in [0.25, 0.3) is 11.1 Å². The topological polar surface area (TPSA) is 71.1 Å². The third-order valence-electron chi connectivity index (χ3n) is 8.96. The maximum atomic E-state index is 11.7. The van der Waals surface area contributed by atoms with Crippen molar-refractivity contribution < 1.29 is 28.5 Å². The fourth-order valence-electron chi connectivity index (χ4n) is 6.54. The monoisotopic (exact) mass is 658 g/mol. The maximum absolute atomic E-state index is 11.7. The molecule has 1 aliphatic carbocycles. The zero-order chi connectivity index (χ0) is 35.0. The van der Waals surface area contributed by atoms with Crippen molar-refractivity contribution in [1.29, 1.82) is 0 Å². The lowest BCUT2D eigenvalue weighted by Crippen LogP contribution is -2.29. The maximum Gasteiger partial charge on any atom is 0.333 e. The predicted octanol–water partition coefficient (Wildman–Crippen LogP) is 8.95. The van der Waals surface area contributed by atoms with Gasteiger partial charge in [0.15, 0.2) is 0 Å². The van der Waals surface area contributed by atoms with Crippen molar-refractivity contribution >= 4 is 11.9 Å². The summed E-state index contributed by atoms with van der Waals surface area (Å²) in [5, 5.41) is 0. The predicted molar refractivity (Wildman–Crippen MR) is 194 cm³/mol. The lowest BCUT2D eigenvalue weighted by atomic mass is 9.67. The van der Waals surface area contributed by atoms with E-state index in [1.165, 1.54) is 33.4 Å². The number of carbonyl (C=O) groups excluding carboxylic acids is 2. The molecule has 0 aromatic heterocycles. The summed E-state index contributed by atoms with van der Waals surface area (Å²) in [6.45, 7) is 16.3. The van der Waals surface area contributed by atoms with Gasteiger partial charge in [-0.05, 0) is 83.3 Å². The first kappa shape index (κ1) is 35.2. The second-order valence-corrected chi connectivity index (χ2v) is 12.4. The summed E-state index contributed by atoms with van der Waals surface area (Å²) in [6.07, 6.45) is 2.76. The molecule has 5 rings (SSSR count). The Balaban J connectivity index is 1.50. The highest BCUT2D eigenvalue weighted by Crippen LogP contribution is 2.56. The van der Waals surface area contributed by atoms with Crippen molar-refractivity contribution in [2.75, 3.05) is 26.4 Å². The minimum atomic E-state index is -0.564. The van der Waals surface area contributed by atoms with Gasteiger partial charge in [0, 0.05) is 24.0 Å². The fourth-order valence-corrected chi connectivity index (χ4v) is 6.54. The summed E-state index contributed by atoms with van der Waals surface area (Å²) >= 11 is 0. The van der Waals surface area contributed by atoms with Gasteiger partial charge in [0.2, 0.25) is 0 Å².